The molecule has 0 aliphatic rings. The average molecular weight is 295 g/mol. The van der Waals surface area contributed by atoms with E-state index in [2.05, 4.69) is 10.1 Å². The molecule has 6 heteroatoms. The van der Waals surface area contributed by atoms with E-state index in [0.717, 1.165) is 5.56 Å². The smallest absolute Gasteiger partial charge is 0.354 e. The lowest BCUT2D eigenvalue weighted by molar-refractivity contribution is 0.0687. The Labute approximate surface area is 126 Å². The number of benzene rings is 1. The second kappa shape index (κ2) is 5.69. The fraction of sp³-hybridized carbons (Fsp3) is 0.0625. The SMILES string of the molecule is COc1cccc(-n2nc(-c3cccnc3)cc2C(=O)O)c1. The van der Waals surface area contributed by atoms with Crippen LogP contribution in [0.3, 0.4) is 0 Å². The molecule has 0 aliphatic heterocycles. The molecular weight excluding hydrogens is 282 g/mol. The van der Waals surface area contributed by atoms with Crippen LogP contribution in [0.4, 0.5) is 0 Å². The number of carbonyl (C=O) groups is 1. The van der Waals surface area contributed by atoms with Crippen LogP contribution < -0.4 is 4.74 Å². The number of ether oxygens (including phenoxy) is 1. The zero-order valence-electron chi connectivity index (χ0n) is 11.8. The summed E-state index contributed by atoms with van der Waals surface area (Å²) < 4.78 is 6.55. The molecule has 22 heavy (non-hydrogen) atoms. The van der Waals surface area contributed by atoms with Crippen molar-refractivity contribution in [2.24, 2.45) is 0 Å². The Hall–Kier alpha value is -3.15. The van der Waals surface area contributed by atoms with Gasteiger partial charge in [0.05, 0.1) is 18.5 Å². The third-order valence-corrected chi connectivity index (χ3v) is 3.18. The van der Waals surface area contributed by atoms with Crippen LogP contribution in [0.15, 0.2) is 54.9 Å². The minimum Gasteiger partial charge on any atom is -0.497 e. The molecule has 0 saturated heterocycles. The first-order chi connectivity index (χ1) is 10.7. The van der Waals surface area contributed by atoms with Crippen LogP contribution in [-0.4, -0.2) is 33.0 Å². The molecule has 2 aromatic heterocycles. The lowest BCUT2D eigenvalue weighted by Gasteiger charge is -2.06. The highest BCUT2D eigenvalue weighted by atomic mass is 16.5. The van der Waals surface area contributed by atoms with E-state index in [1.54, 1.807) is 49.8 Å². The summed E-state index contributed by atoms with van der Waals surface area (Å²) in [6.45, 7) is 0. The van der Waals surface area contributed by atoms with Crippen molar-refractivity contribution in [3.63, 3.8) is 0 Å². The Morgan fingerprint density at radius 2 is 2.09 bits per heavy atom. The Balaban J connectivity index is 2.14. The molecule has 1 N–H and O–H groups in total. The molecule has 110 valence electrons. The molecule has 0 amide bonds. The molecule has 0 fully saturated rings. The van der Waals surface area contributed by atoms with Gasteiger partial charge in [-0.25, -0.2) is 9.48 Å². The number of hydrogen-bond acceptors (Lipinski definition) is 4. The van der Waals surface area contributed by atoms with Crippen LogP contribution >= 0.6 is 0 Å². The minimum absolute atomic E-state index is 0.0760. The van der Waals surface area contributed by atoms with Crippen molar-refractivity contribution in [2.45, 2.75) is 0 Å². The summed E-state index contributed by atoms with van der Waals surface area (Å²) in [6, 6.07) is 12.2. The van der Waals surface area contributed by atoms with Gasteiger partial charge in [0, 0.05) is 24.0 Å². The molecular formula is C16H13N3O3. The lowest BCUT2D eigenvalue weighted by Crippen LogP contribution is -2.07. The molecule has 0 spiro atoms. The van der Waals surface area contributed by atoms with Gasteiger partial charge < -0.3 is 9.84 Å². The molecule has 0 bridgehead atoms. The van der Waals surface area contributed by atoms with E-state index in [9.17, 15) is 9.90 Å². The molecule has 3 aromatic rings. The maximum absolute atomic E-state index is 11.5. The number of aromatic carboxylic acids is 1. The summed E-state index contributed by atoms with van der Waals surface area (Å²) in [4.78, 5) is 15.5. The zero-order valence-corrected chi connectivity index (χ0v) is 11.8. The molecule has 0 atom stereocenters. The first-order valence-electron chi connectivity index (χ1n) is 6.57. The van der Waals surface area contributed by atoms with Gasteiger partial charge in [0.25, 0.3) is 0 Å². The number of methoxy groups -OCH3 is 1. The van der Waals surface area contributed by atoms with Crippen molar-refractivity contribution in [3.05, 3.63) is 60.6 Å². The molecule has 0 aliphatic carbocycles. The van der Waals surface area contributed by atoms with E-state index in [1.165, 1.54) is 10.7 Å². The standard InChI is InChI=1S/C16H13N3O3/c1-22-13-6-2-5-12(8-13)19-15(16(20)21)9-14(18-19)11-4-3-7-17-10-11/h2-10H,1H3,(H,20,21). The van der Waals surface area contributed by atoms with Crippen LogP contribution in [0.5, 0.6) is 5.75 Å². The third kappa shape index (κ3) is 2.54. The van der Waals surface area contributed by atoms with E-state index >= 15 is 0 Å². The van der Waals surface area contributed by atoms with E-state index in [-0.39, 0.29) is 5.69 Å². The molecule has 0 saturated carbocycles. The van der Waals surface area contributed by atoms with Gasteiger partial charge in [-0.3, -0.25) is 4.98 Å². The molecule has 3 rings (SSSR count). The van der Waals surface area contributed by atoms with Crippen LogP contribution in [0, 0.1) is 0 Å². The molecule has 0 unspecified atom stereocenters. The van der Waals surface area contributed by atoms with Gasteiger partial charge in [-0.1, -0.05) is 6.07 Å². The summed E-state index contributed by atoms with van der Waals surface area (Å²) in [5.74, 6) is -0.419. The summed E-state index contributed by atoms with van der Waals surface area (Å²) >= 11 is 0. The summed E-state index contributed by atoms with van der Waals surface area (Å²) in [5, 5.41) is 13.8. The van der Waals surface area contributed by atoms with Crippen molar-refractivity contribution in [3.8, 4) is 22.7 Å². The molecule has 0 radical (unpaired) electrons. The average Bonchev–Trinajstić information content (AvgIpc) is 3.01. The summed E-state index contributed by atoms with van der Waals surface area (Å²) in [5.41, 5.74) is 2.00. The van der Waals surface area contributed by atoms with E-state index in [1.807, 2.05) is 6.07 Å². The maximum Gasteiger partial charge on any atom is 0.354 e. The largest absolute Gasteiger partial charge is 0.497 e. The van der Waals surface area contributed by atoms with Gasteiger partial charge in [-0.2, -0.15) is 5.10 Å². The summed E-state index contributed by atoms with van der Waals surface area (Å²) in [6.07, 6.45) is 3.30. The highest BCUT2D eigenvalue weighted by Crippen LogP contribution is 2.23. The van der Waals surface area contributed by atoms with Gasteiger partial charge in [0.15, 0.2) is 5.69 Å². The van der Waals surface area contributed by atoms with Crippen LogP contribution in [-0.2, 0) is 0 Å². The Morgan fingerprint density at radius 3 is 2.77 bits per heavy atom. The molecule has 1 aromatic carbocycles. The highest BCUT2D eigenvalue weighted by molar-refractivity contribution is 5.88. The normalized spacial score (nSPS) is 10.4. The maximum atomic E-state index is 11.5. The van der Waals surface area contributed by atoms with Crippen molar-refractivity contribution < 1.29 is 14.6 Å². The number of rotatable bonds is 4. The molecule has 2 heterocycles. The third-order valence-electron chi connectivity index (χ3n) is 3.18. The topological polar surface area (TPSA) is 77.2 Å². The zero-order chi connectivity index (χ0) is 15.5. The van der Waals surface area contributed by atoms with E-state index in [0.29, 0.717) is 17.1 Å². The van der Waals surface area contributed by atoms with Crippen molar-refractivity contribution >= 4 is 5.97 Å². The Bertz CT molecular complexity index is 813. The fourth-order valence-electron chi connectivity index (χ4n) is 2.13. The van der Waals surface area contributed by atoms with Crippen LogP contribution in [0.1, 0.15) is 10.5 Å². The predicted molar refractivity (Wildman–Crippen MR) is 80.3 cm³/mol. The quantitative estimate of drug-likeness (QED) is 0.800. The van der Waals surface area contributed by atoms with Gasteiger partial charge in [0.2, 0.25) is 0 Å². The Kier molecular flexibility index (Phi) is 3.57. The predicted octanol–water partition coefficient (Wildman–Crippen LogP) is 2.64. The van der Waals surface area contributed by atoms with Gasteiger partial charge >= 0.3 is 5.97 Å². The van der Waals surface area contributed by atoms with Crippen molar-refractivity contribution in [1.29, 1.82) is 0 Å². The van der Waals surface area contributed by atoms with E-state index in [4.69, 9.17) is 4.74 Å². The number of carboxylic acids is 1. The van der Waals surface area contributed by atoms with Gasteiger partial charge in [0.1, 0.15) is 5.75 Å². The number of nitrogens with zero attached hydrogens (tertiary/aromatic N) is 3. The number of carboxylic acid groups (broad SMARTS) is 1. The van der Waals surface area contributed by atoms with Crippen molar-refractivity contribution in [2.75, 3.05) is 7.11 Å². The molecule has 6 nitrogen and oxygen atoms in total. The van der Waals surface area contributed by atoms with Crippen molar-refractivity contribution in [1.82, 2.24) is 14.8 Å². The monoisotopic (exact) mass is 295 g/mol. The van der Waals surface area contributed by atoms with Crippen LogP contribution in [0.2, 0.25) is 0 Å². The minimum atomic E-state index is -1.05. The highest BCUT2D eigenvalue weighted by Gasteiger charge is 2.17. The Morgan fingerprint density at radius 1 is 1.23 bits per heavy atom. The second-order valence-corrected chi connectivity index (χ2v) is 4.57. The van der Waals surface area contributed by atoms with Gasteiger partial charge in [-0.15, -0.1) is 0 Å². The first-order valence-corrected chi connectivity index (χ1v) is 6.57. The van der Waals surface area contributed by atoms with E-state index < -0.39 is 5.97 Å². The number of aromatic nitrogens is 3. The summed E-state index contributed by atoms with van der Waals surface area (Å²) in [7, 11) is 1.56. The first kappa shape index (κ1) is 13.8. The fourth-order valence-corrected chi connectivity index (χ4v) is 2.13. The number of pyridine rings is 1. The van der Waals surface area contributed by atoms with Crippen LogP contribution in [0.25, 0.3) is 16.9 Å². The van der Waals surface area contributed by atoms with Gasteiger partial charge in [-0.05, 0) is 30.3 Å². The lowest BCUT2D eigenvalue weighted by atomic mass is 10.2. The second-order valence-electron chi connectivity index (χ2n) is 4.57. The number of hydrogen-bond donors (Lipinski definition) is 1.